The SMILES string of the molecule is COc1ccc2nc3c(cc2c1N)CN(Cc1ccccc1)CCO3. The highest BCUT2D eigenvalue weighted by Crippen LogP contribution is 2.33. The van der Waals surface area contributed by atoms with Crippen molar-refractivity contribution in [2.45, 2.75) is 13.1 Å². The van der Waals surface area contributed by atoms with Crippen LogP contribution in [0, 0.1) is 0 Å². The van der Waals surface area contributed by atoms with Crippen molar-refractivity contribution in [2.24, 2.45) is 0 Å². The molecule has 1 aliphatic heterocycles. The van der Waals surface area contributed by atoms with Gasteiger partial charge in [0.1, 0.15) is 12.4 Å². The zero-order valence-corrected chi connectivity index (χ0v) is 14.2. The van der Waals surface area contributed by atoms with E-state index in [1.54, 1.807) is 7.11 Å². The Morgan fingerprint density at radius 3 is 2.84 bits per heavy atom. The van der Waals surface area contributed by atoms with Gasteiger partial charge in [-0.2, -0.15) is 0 Å². The summed E-state index contributed by atoms with van der Waals surface area (Å²) < 4.78 is 11.2. The number of hydrogen-bond acceptors (Lipinski definition) is 5. The lowest BCUT2D eigenvalue weighted by Crippen LogP contribution is -2.25. The molecule has 1 aromatic heterocycles. The minimum atomic E-state index is 0.620. The first kappa shape index (κ1) is 15.7. The van der Waals surface area contributed by atoms with E-state index in [0.29, 0.717) is 23.9 Å². The molecule has 3 aromatic rings. The summed E-state index contributed by atoms with van der Waals surface area (Å²) in [4.78, 5) is 7.04. The molecule has 4 rings (SSSR count). The minimum Gasteiger partial charge on any atom is -0.495 e. The van der Waals surface area contributed by atoms with Crippen LogP contribution in [0.25, 0.3) is 10.9 Å². The Morgan fingerprint density at radius 1 is 1.20 bits per heavy atom. The molecule has 0 radical (unpaired) electrons. The molecule has 0 unspecified atom stereocenters. The lowest BCUT2D eigenvalue weighted by atomic mass is 10.1. The number of benzene rings is 2. The van der Waals surface area contributed by atoms with Crippen LogP contribution >= 0.6 is 0 Å². The summed E-state index contributed by atoms with van der Waals surface area (Å²) in [5, 5.41) is 0.906. The molecule has 2 heterocycles. The predicted molar refractivity (Wildman–Crippen MR) is 98.8 cm³/mol. The van der Waals surface area contributed by atoms with Crippen molar-refractivity contribution < 1.29 is 9.47 Å². The maximum absolute atomic E-state index is 6.24. The fourth-order valence-corrected chi connectivity index (χ4v) is 3.26. The van der Waals surface area contributed by atoms with E-state index in [9.17, 15) is 0 Å². The Balaban J connectivity index is 1.69. The smallest absolute Gasteiger partial charge is 0.218 e. The molecular weight excluding hydrogens is 314 g/mol. The van der Waals surface area contributed by atoms with Crippen molar-refractivity contribution in [3.05, 3.63) is 59.7 Å². The average molecular weight is 335 g/mol. The molecule has 2 N–H and O–H groups in total. The summed E-state index contributed by atoms with van der Waals surface area (Å²) in [6.45, 7) is 3.16. The van der Waals surface area contributed by atoms with E-state index in [0.717, 1.165) is 36.1 Å². The van der Waals surface area contributed by atoms with Crippen molar-refractivity contribution in [2.75, 3.05) is 26.0 Å². The second-order valence-electron chi connectivity index (χ2n) is 6.25. The van der Waals surface area contributed by atoms with Crippen LogP contribution < -0.4 is 15.2 Å². The third kappa shape index (κ3) is 3.10. The van der Waals surface area contributed by atoms with Crippen molar-refractivity contribution in [3.8, 4) is 11.6 Å². The van der Waals surface area contributed by atoms with Crippen LogP contribution in [0.4, 0.5) is 5.69 Å². The zero-order chi connectivity index (χ0) is 17.2. The molecule has 0 fully saturated rings. The third-order valence-corrected chi connectivity index (χ3v) is 4.55. The summed E-state index contributed by atoms with van der Waals surface area (Å²) in [5.74, 6) is 1.37. The van der Waals surface area contributed by atoms with E-state index in [-0.39, 0.29) is 0 Å². The maximum atomic E-state index is 6.24. The van der Waals surface area contributed by atoms with Gasteiger partial charge in [-0.25, -0.2) is 4.98 Å². The number of anilines is 1. The van der Waals surface area contributed by atoms with Crippen molar-refractivity contribution in [1.82, 2.24) is 9.88 Å². The van der Waals surface area contributed by atoms with E-state index in [1.807, 2.05) is 18.2 Å². The highest BCUT2D eigenvalue weighted by Gasteiger charge is 2.19. The molecule has 0 aliphatic carbocycles. The number of methoxy groups -OCH3 is 1. The molecule has 0 spiro atoms. The van der Waals surface area contributed by atoms with Gasteiger partial charge >= 0.3 is 0 Å². The first-order valence-electron chi connectivity index (χ1n) is 8.40. The Labute approximate surface area is 147 Å². The summed E-state index contributed by atoms with van der Waals surface area (Å²) in [6, 6.07) is 16.3. The van der Waals surface area contributed by atoms with Crippen LogP contribution in [0.5, 0.6) is 11.6 Å². The van der Waals surface area contributed by atoms with Gasteiger partial charge in [0.15, 0.2) is 0 Å². The maximum Gasteiger partial charge on any atom is 0.218 e. The molecule has 128 valence electrons. The molecule has 0 saturated carbocycles. The minimum absolute atomic E-state index is 0.620. The van der Waals surface area contributed by atoms with E-state index in [4.69, 9.17) is 15.2 Å². The first-order chi connectivity index (χ1) is 12.2. The van der Waals surface area contributed by atoms with Gasteiger partial charge in [-0.05, 0) is 23.8 Å². The van der Waals surface area contributed by atoms with Gasteiger partial charge < -0.3 is 15.2 Å². The molecule has 0 bridgehead atoms. The first-order valence-corrected chi connectivity index (χ1v) is 8.40. The van der Waals surface area contributed by atoms with Gasteiger partial charge in [-0.1, -0.05) is 30.3 Å². The Hall–Kier alpha value is -2.79. The molecule has 25 heavy (non-hydrogen) atoms. The number of aromatic nitrogens is 1. The van der Waals surface area contributed by atoms with Crippen molar-refractivity contribution >= 4 is 16.6 Å². The summed E-state index contributed by atoms with van der Waals surface area (Å²) in [7, 11) is 1.62. The zero-order valence-electron chi connectivity index (χ0n) is 14.2. The highest BCUT2D eigenvalue weighted by atomic mass is 16.5. The largest absolute Gasteiger partial charge is 0.495 e. The number of hydrogen-bond donors (Lipinski definition) is 1. The van der Waals surface area contributed by atoms with Crippen LogP contribution in [-0.4, -0.2) is 30.1 Å². The Bertz CT molecular complexity index is 896. The number of fused-ring (bicyclic) bond motifs is 2. The molecule has 2 aromatic carbocycles. The number of nitrogen functional groups attached to an aromatic ring is 1. The lowest BCUT2D eigenvalue weighted by molar-refractivity contribution is 0.217. The van der Waals surface area contributed by atoms with E-state index < -0.39 is 0 Å². The number of ether oxygens (including phenoxy) is 2. The number of pyridine rings is 1. The van der Waals surface area contributed by atoms with Crippen LogP contribution in [0.1, 0.15) is 11.1 Å². The Kier molecular flexibility index (Phi) is 4.15. The van der Waals surface area contributed by atoms with Gasteiger partial charge in [0.2, 0.25) is 5.88 Å². The van der Waals surface area contributed by atoms with Gasteiger partial charge in [-0.3, -0.25) is 4.90 Å². The fourth-order valence-electron chi connectivity index (χ4n) is 3.26. The lowest BCUT2D eigenvalue weighted by Gasteiger charge is -2.19. The fraction of sp³-hybridized carbons (Fsp3) is 0.250. The standard InChI is InChI=1S/C20H21N3O2/c1-24-18-8-7-17-16(19(18)21)11-15-13-23(9-10-25-20(15)22-17)12-14-5-3-2-4-6-14/h2-8,11H,9-10,12-13,21H2,1H3. The third-order valence-electron chi connectivity index (χ3n) is 4.55. The second kappa shape index (κ2) is 6.61. The van der Waals surface area contributed by atoms with Crippen LogP contribution in [-0.2, 0) is 13.1 Å². The second-order valence-corrected chi connectivity index (χ2v) is 6.25. The van der Waals surface area contributed by atoms with Crippen molar-refractivity contribution in [1.29, 1.82) is 0 Å². The van der Waals surface area contributed by atoms with E-state index >= 15 is 0 Å². The van der Waals surface area contributed by atoms with Crippen LogP contribution in [0.15, 0.2) is 48.5 Å². The number of rotatable bonds is 3. The van der Waals surface area contributed by atoms with Crippen LogP contribution in [0.2, 0.25) is 0 Å². The van der Waals surface area contributed by atoms with Crippen molar-refractivity contribution in [3.63, 3.8) is 0 Å². The molecule has 0 amide bonds. The Morgan fingerprint density at radius 2 is 2.04 bits per heavy atom. The van der Waals surface area contributed by atoms with Crippen LogP contribution in [0.3, 0.4) is 0 Å². The van der Waals surface area contributed by atoms with E-state index in [1.165, 1.54) is 5.56 Å². The molecule has 1 aliphatic rings. The van der Waals surface area contributed by atoms with Gasteiger partial charge in [0, 0.05) is 30.6 Å². The molecule has 5 heteroatoms. The number of nitrogens with zero attached hydrogens (tertiary/aromatic N) is 2. The summed E-state index contributed by atoms with van der Waals surface area (Å²) in [5.41, 5.74) is 10.0. The average Bonchev–Trinajstić information content (AvgIpc) is 2.83. The summed E-state index contributed by atoms with van der Waals surface area (Å²) >= 11 is 0. The quantitative estimate of drug-likeness (QED) is 0.745. The summed E-state index contributed by atoms with van der Waals surface area (Å²) in [6.07, 6.45) is 0. The monoisotopic (exact) mass is 335 g/mol. The molecule has 0 saturated heterocycles. The number of nitrogens with two attached hydrogens (primary N) is 1. The van der Waals surface area contributed by atoms with Gasteiger partial charge in [0.25, 0.3) is 0 Å². The van der Waals surface area contributed by atoms with E-state index in [2.05, 4.69) is 40.2 Å². The highest BCUT2D eigenvalue weighted by molar-refractivity contribution is 5.94. The predicted octanol–water partition coefficient (Wildman–Crippen LogP) is 3.22. The van der Waals surface area contributed by atoms with Gasteiger partial charge in [-0.15, -0.1) is 0 Å². The molecule has 5 nitrogen and oxygen atoms in total. The topological polar surface area (TPSA) is 60.6 Å². The molecular formula is C20H21N3O2. The normalized spacial score (nSPS) is 14.6. The molecule has 0 atom stereocenters. The van der Waals surface area contributed by atoms with Gasteiger partial charge in [0.05, 0.1) is 18.3 Å².